The molecular formula is C18H23NO2. The third-order valence-corrected chi connectivity index (χ3v) is 3.45. The van der Waals surface area contributed by atoms with Crippen molar-refractivity contribution in [2.24, 2.45) is 5.92 Å². The van der Waals surface area contributed by atoms with Crippen LogP contribution in [0.5, 0.6) is 11.6 Å². The van der Waals surface area contributed by atoms with Crippen LogP contribution in [0.2, 0.25) is 0 Å². The first-order valence-electron chi connectivity index (χ1n) is 7.55. The molecule has 0 bridgehead atoms. The minimum atomic E-state index is 0.550. The number of rotatable bonds is 7. The Morgan fingerprint density at radius 1 is 1.10 bits per heavy atom. The van der Waals surface area contributed by atoms with Crippen molar-refractivity contribution in [2.75, 3.05) is 13.2 Å². The minimum absolute atomic E-state index is 0.550. The Bertz CT molecular complexity index is 569. The highest BCUT2D eigenvalue weighted by Gasteiger charge is 2.08. The van der Waals surface area contributed by atoms with Crippen LogP contribution in [0.1, 0.15) is 27.2 Å². The first-order valence-corrected chi connectivity index (χ1v) is 7.55. The van der Waals surface area contributed by atoms with Gasteiger partial charge in [0, 0.05) is 17.8 Å². The van der Waals surface area contributed by atoms with Crippen LogP contribution in [0.15, 0.2) is 42.6 Å². The molecule has 1 aromatic heterocycles. The molecule has 0 amide bonds. The molecule has 0 aliphatic heterocycles. The third kappa shape index (κ3) is 4.22. The summed E-state index contributed by atoms with van der Waals surface area (Å²) in [6.45, 7) is 7.68. The molecule has 2 rings (SSSR count). The summed E-state index contributed by atoms with van der Waals surface area (Å²) in [5.74, 6) is 2.10. The van der Waals surface area contributed by atoms with E-state index in [4.69, 9.17) is 9.47 Å². The molecule has 3 nitrogen and oxygen atoms in total. The van der Waals surface area contributed by atoms with Gasteiger partial charge in [-0.2, -0.15) is 0 Å². The Morgan fingerprint density at radius 2 is 1.90 bits per heavy atom. The van der Waals surface area contributed by atoms with Gasteiger partial charge in [-0.25, -0.2) is 4.98 Å². The zero-order chi connectivity index (χ0) is 15.1. The molecule has 1 atom stereocenters. The number of hydrogen-bond acceptors (Lipinski definition) is 3. The van der Waals surface area contributed by atoms with Crippen molar-refractivity contribution < 1.29 is 9.47 Å². The standard InChI is InChI=1S/C18H23NO2/c1-4-14(3)13-21-17-9-7-6-8-16(17)15-10-11-19-18(12-15)20-5-2/h6-12,14H,4-5,13H2,1-3H3. The van der Waals surface area contributed by atoms with Crippen molar-refractivity contribution in [3.63, 3.8) is 0 Å². The van der Waals surface area contributed by atoms with E-state index in [0.29, 0.717) is 18.4 Å². The fraction of sp³-hybridized carbons (Fsp3) is 0.389. The summed E-state index contributed by atoms with van der Waals surface area (Å²) < 4.78 is 11.5. The number of ether oxygens (including phenoxy) is 2. The molecule has 2 aromatic rings. The lowest BCUT2D eigenvalue weighted by Crippen LogP contribution is -2.07. The summed E-state index contributed by atoms with van der Waals surface area (Å²) in [5, 5.41) is 0. The van der Waals surface area contributed by atoms with Gasteiger partial charge in [0.2, 0.25) is 5.88 Å². The van der Waals surface area contributed by atoms with E-state index in [-0.39, 0.29) is 0 Å². The number of benzene rings is 1. The van der Waals surface area contributed by atoms with Gasteiger partial charge in [-0.1, -0.05) is 38.5 Å². The number of aromatic nitrogens is 1. The quantitative estimate of drug-likeness (QED) is 0.746. The molecule has 0 radical (unpaired) electrons. The van der Waals surface area contributed by atoms with E-state index in [1.54, 1.807) is 6.20 Å². The van der Waals surface area contributed by atoms with Gasteiger partial charge in [-0.15, -0.1) is 0 Å². The van der Waals surface area contributed by atoms with Gasteiger partial charge in [-0.3, -0.25) is 0 Å². The van der Waals surface area contributed by atoms with Crippen LogP contribution in [-0.4, -0.2) is 18.2 Å². The van der Waals surface area contributed by atoms with E-state index in [0.717, 1.165) is 29.9 Å². The molecule has 0 aliphatic carbocycles. The Hall–Kier alpha value is -2.03. The van der Waals surface area contributed by atoms with Crippen LogP contribution in [0.3, 0.4) is 0 Å². The Balaban J connectivity index is 2.24. The highest BCUT2D eigenvalue weighted by atomic mass is 16.5. The maximum absolute atomic E-state index is 5.98. The number of para-hydroxylation sites is 1. The van der Waals surface area contributed by atoms with Crippen molar-refractivity contribution >= 4 is 0 Å². The largest absolute Gasteiger partial charge is 0.493 e. The van der Waals surface area contributed by atoms with Crippen LogP contribution in [0.4, 0.5) is 0 Å². The molecule has 0 saturated heterocycles. The second kappa shape index (κ2) is 7.67. The Kier molecular flexibility index (Phi) is 5.61. The first-order chi connectivity index (χ1) is 10.2. The molecule has 0 aliphatic rings. The molecule has 112 valence electrons. The van der Waals surface area contributed by atoms with Crippen molar-refractivity contribution in [1.29, 1.82) is 0 Å². The molecule has 1 aromatic carbocycles. The topological polar surface area (TPSA) is 31.4 Å². The highest BCUT2D eigenvalue weighted by molar-refractivity contribution is 5.70. The SMILES string of the molecule is CCOc1cc(-c2ccccc2OCC(C)CC)ccn1. The van der Waals surface area contributed by atoms with E-state index in [1.165, 1.54) is 0 Å². The van der Waals surface area contributed by atoms with Crippen LogP contribution < -0.4 is 9.47 Å². The summed E-state index contributed by atoms with van der Waals surface area (Å²) >= 11 is 0. The molecule has 0 saturated carbocycles. The van der Waals surface area contributed by atoms with E-state index < -0.39 is 0 Å². The highest BCUT2D eigenvalue weighted by Crippen LogP contribution is 2.31. The van der Waals surface area contributed by atoms with Gasteiger partial charge in [0.1, 0.15) is 5.75 Å². The van der Waals surface area contributed by atoms with Gasteiger partial charge in [0.25, 0.3) is 0 Å². The summed E-state index contributed by atoms with van der Waals surface area (Å²) in [5.41, 5.74) is 2.14. The van der Waals surface area contributed by atoms with E-state index >= 15 is 0 Å². The zero-order valence-electron chi connectivity index (χ0n) is 13.0. The zero-order valence-corrected chi connectivity index (χ0v) is 13.0. The number of hydrogen-bond donors (Lipinski definition) is 0. The van der Waals surface area contributed by atoms with Crippen molar-refractivity contribution in [1.82, 2.24) is 4.98 Å². The average Bonchev–Trinajstić information content (AvgIpc) is 2.53. The average molecular weight is 285 g/mol. The van der Waals surface area contributed by atoms with E-state index in [1.807, 2.05) is 37.3 Å². The molecule has 21 heavy (non-hydrogen) atoms. The van der Waals surface area contributed by atoms with E-state index in [2.05, 4.69) is 24.9 Å². The lowest BCUT2D eigenvalue weighted by Gasteiger charge is -2.15. The fourth-order valence-corrected chi connectivity index (χ4v) is 1.98. The molecule has 0 spiro atoms. The molecule has 1 heterocycles. The number of nitrogens with zero attached hydrogens (tertiary/aromatic N) is 1. The fourth-order valence-electron chi connectivity index (χ4n) is 1.98. The summed E-state index contributed by atoms with van der Waals surface area (Å²) in [4.78, 5) is 4.21. The predicted molar refractivity (Wildman–Crippen MR) is 85.8 cm³/mol. The molecule has 0 N–H and O–H groups in total. The second-order valence-electron chi connectivity index (χ2n) is 5.14. The first kappa shape index (κ1) is 15.4. The summed E-state index contributed by atoms with van der Waals surface area (Å²) in [6, 6.07) is 12.0. The van der Waals surface area contributed by atoms with Gasteiger partial charge >= 0.3 is 0 Å². The smallest absolute Gasteiger partial charge is 0.213 e. The second-order valence-corrected chi connectivity index (χ2v) is 5.14. The Labute approximate surface area is 126 Å². The predicted octanol–water partition coefficient (Wildman–Crippen LogP) is 4.57. The lowest BCUT2D eigenvalue weighted by molar-refractivity contribution is 0.257. The van der Waals surface area contributed by atoms with Crippen molar-refractivity contribution in [2.45, 2.75) is 27.2 Å². The minimum Gasteiger partial charge on any atom is -0.493 e. The molecular weight excluding hydrogens is 262 g/mol. The van der Waals surface area contributed by atoms with Crippen molar-refractivity contribution in [3.05, 3.63) is 42.6 Å². The Morgan fingerprint density at radius 3 is 2.67 bits per heavy atom. The molecule has 3 heteroatoms. The van der Waals surface area contributed by atoms with Gasteiger partial charge < -0.3 is 9.47 Å². The maximum Gasteiger partial charge on any atom is 0.213 e. The molecule has 1 unspecified atom stereocenters. The van der Waals surface area contributed by atoms with Gasteiger partial charge in [-0.05, 0) is 30.5 Å². The van der Waals surface area contributed by atoms with Gasteiger partial charge in [0.15, 0.2) is 0 Å². The van der Waals surface area contributed by atoms with Gasteiger partial charge in [0.05, 0.1) is 13.2 Å². The molecule has 0 fully saturated rings. The normalized spacial score (nSPS) is 12.0. The summed E-state index contributed by atoms with van der Waals surface area (Å²) in [6.07, 6.45) is 2.89. The lowest BCUT2D eigenvalue weighted by atomic mass is 10.1. The number of pyridine rings is 1. The van der Waals surface area contributed by atoms with Crippen molar-refractivity contribution in [3.8, 4) is 22.8 Å². The van der Waals surface area contributed by atoms with Crippen LogP contribution >= 0.6 is 0 Å². The third-order valence-electron chi connectivity index (χ3n) is 3.45. The summed E-state index contributed by atoms with van der Waals surface area (Å²) in [7, 11) is 0. The van der Waals surface area contributed by atoms with Crippen LogP contribution in [0, 0.1) is 5.92 Å². The van der Waals surface area contributed by atoms with E-state index in [9.17, 15) is 0 Å². The van der Waals surface area contributed by atoms with Crippen LogP contribution in [-0.2, 0) is 0 Å². The van der Waals surface area contributed by atoms with Crippen LogP contribution in [0.25, 0.3) is 11.1 Å². The monoisotopic (exact) mass is 285 g/mol. The maximum atomic E-state index is 5.98.